The number of carbonyl (C=O) groups is 1. The number of aromatic nitrogens is 2. The van der Waals surface area contributed by atoms with E-state index < -0.39 is 5.25 Å². The number of anilines is 1. The lowest BCUT2D eigenvalue weighted by Crippen LogP contribution is -2.28. The number of hydrogen-bond donors (Lipinski definition) is 1. The van der Waals surface area contributed by atoms with E-state index >= 15 is 0 Å². The maximum absolute atomic E-state index is 13.8. The number of thioether (sulfide) groups is 1. The van der Waals surface area contributed by atoms with E-state index in [1.54, 1.807) is 29.9 Å². The van der Waals surface area contributed by atoms with E-state index in [1.165, 1.54) is 26.0 Å². The highest BCUT2D eigenvalue weighted by Gasteiger charge is 2.23. The van der Waals surface area contributed by atoms with Crippen molar-refractivity contribution < 1.29 is 19.0 Å². The van der Waals surface area contributed by atoms with Gasteiger partial charge in [0.15, 0.2) is 16.7 Å². The van der Waals surface area contributed by atoms with Gasteiger partial charge in [-0.25, -0.2) is 4.98 Å². The molecule has 4 rings (SSSR count). The van der Waals surface area contributed by atoms with Crippen LogP contribution in [0.15, 0.2) is 64.5 Å². The Labute approximate surface area is 236 Å². The Morgan fingerprint density at radius 2 is 1.72 bits per heavy atom. The van der Waals surface area contributed by atoms with Crippen LogP contribution < -0.4 is 25.1 Å². The summed E-state index contributed by atoms with van der Waals surface area (Å²) in [7, 11) is 4.64. The average molecular weight is 568 g/mol. The summed E-state index contributed by atoms with van der Waals surface area (Å²) in [5.41, 5.74) is 2.61. The van der Waals surface area contributed by atoms with Gasteiger partial charge in [-0.05, 0) is 54.8 Å². The third-order valence-electron chi connectivity index (χ3n) is 6.27. The molecule has 0 bridgehead atoms. The molecule has 0 aliphatic rings. The van der Waals surface area contributed by atoms with E-state index in [4.69, 9.17) is 30.8 Å². The number of carbonyl (C=O) groups excluding carboxylic acids is 1. The third kappa shape index (κ3) is 6.32. The molecule has 10 heteroatoms. The molecule has 0 saturated carbocycles. The van der Waals surface area contributed by atoms with Crippen LogP contribution in [0.5, 0.6) is 17.2 Å². The molecule has 0 aliphatic heterocycles. The first-order chi connectivity index (χ1) is 18.8. The summed E-state index contributed by atoms with van der Waals surface area (Å²) in [5, 5.41) is 3.80. The Morgan fingerprint density at radius 1 is 1.03 bits per heavy atom. The number of halogens is 1. The Morgan fingerprint density at radius 3 is 2.33 bits per heavy atom. The fourth-order valence-electron chi connectivity index (χ4n) is 4.01. The van der Waals surface area contributed by atoms with Crippen molar-refractivity contribution in [3.63, 3.8) is 0 Å². The minimum Gasteiger partial charge on any atom is -0.497 e. The summed E-state index contributed by atoms with van der Waals surface area (Å²) in [4.78, 5) is 31.9. The Balaban J connectivity index is 1.76. The van der Waals surface area contributed by atoms with Crippen LogP contribution in [0.4, 0.5) is 5.69 Å². The molecule has 0 aliphatic carbocycles. The molecule has 8 nitrogen and oxygen atoms in total. The van der Waals surface area contributed by atoms with E-state index in [-0.39, 0.29) is 18.0 Å². The monoisotopic (exact) mass is 567 g/mol. The van der Waals surface area contributed by atoms with Gasteiger partial charge in [-0.1, -0.05) is 48.5 Å². The lowest BCUT2D eigenvalue weighted by molar-refractivity contribution is -0.115. The van der Waals surface area contributed by atoms with Gasteiger partial charge in [0.25, 0.3) is 5.56 Å². The Hall–Kier alpha value is -3.69. The second-order valence-corrected chi connectivity index (χ2v) is 10.4. The fraction of sp³-hybridized carbons (Fsp3) is 0.276. The molecule has 1 aromatic heterocycles. The van der Waals surface area contributed by atoms with E-state index in [0.29, 0.717) is 50.4 Å². The van der Waals surface area contributed by atoms with E-state index in [9.17, 15) is 9.59 Å². The minimum atomic E-state index is -0.517. The van der Waals surface area contributed by atoms with E-state index in [1.807, 2.05) is 50.2 Å². The SMILES string of the molecule is CCC(Sc1nc2cc(OC)c(OC)cc2c(=O)n1Cc1ccc(OC)cc1)C(=O)Nc1ccc(C)c(Cl)c1. The topological polar surface area (TPSA) is 91.7 Å². The number of aryl methyl sites for hydroxylation is 1. The first kappa shape index (κ1) is 28.3. The number of ether oxygens (including phenoxy) is 3. The maximum Gasteiger partial charge on any atom is 0.262 e. The van der Waals surface area contributed by atoms with Gasteiger partial charge in [-0.15, -0.1) is 0 Å². The van der Waals surface area contributed by atoms with Crippen molar-refractivity contribution in [2.75, 3.05) is 26.6 Å². The normalized spacial score (nSPS) is 11.7. The Bertz CT molecular complexity index is 1560. The zero-order chi connectivity index (χ0) is 28.1. The van der Waals surface area contributed by atoms with Crippen molar-refractivity contribution in [2.45, 2.75) is 37.2 Å². The molecule has 4 aromatic rings. The summed E-state index contributed by atoms with van der Waals surface area (Å²) >= 11 is 7.48. The van der Waals surface area contributed by atoms with Crippen LogP contribution in [0.25, 0.3) is 10.9 Å². The van der Waals surface area contributed by atoms with Gasteiger partial charge in [-0.2, -0.15) is 0 Å². The summed E-state index contributed by atoms with van der Waals surface area (Å²) in [6.07, 6.45) is 0.512. The number of benzene rings is 3. The molecule has 1 N–H and O–H groups in total. The van der Waals surface area contributed by atoms with Crippen LogP contribution in [0.1, 0.15) is 24.5 Å². The van der Waals surface area contributed by atoms with Crippen molar-refractivity contribution >= 4 is 45.9 Å². The number of methoxy groups -OCH3 is 3. The van der Waals surface area contributed by atoms with Crippen molar-refractivity contribution in [1.82, 2.24) is 9.55 Å². The largest absolute Gasteiger partial charge is 0.497 e. The van der Waals surface area contributed by atoms with Gasteiger partial charge < -0.3 is 19.5 Å². The highest BCUT2D eigenvalue weighted by atomic mass is 35.5. The quantitative estimate of drug-likeness (QED) is 0.187. The summed E-state index contributed by atoms with van der Waals surface area (Å²) in [6, 6.07) is 16.2. The fourth-order valence-corrected chi connectivity index (χ4v) is 5.21. The molecule has 1 atom stereocenters. The highest BCUT2D eigenvalue weighted by molar-refractivity contribution is 8.00. The van der Waals surface area contributed by atoms with Gasteiger partial charge in [0.1, 0.15) is 5.75 Å². The number of hydrogen-bond acceptors (Lipinski definition) is 7. The van der Waals surface area contributed by atoms with Crippen LogP contribution in [-0.2, 0) is 11.3 Å². The van der Waals surface area contributed by atoms with Crippen LogP contribution in [0.3, 0.4) is 0 Å². The summed E-state index contributed by atoms with van der Waals surface area (Å²) < 4.78 is 17.7. The zero-order valence-corrected chi connectivity index (χ0v) is 24.0. The molecule has 0 spiro atoms. The number of nitrogens with zero attached hydrogens (tertiary/aromatic N) is 2. The third-order valence-corrected chi connectivity index (χ3v) is 8.04. The van der Waals surface area contributed by atoms with E-state index in [0.717, 1.165) is 11.1 Å². The van der Waals surface area contributed by atoms with Crippen LogP contribution in [-0.4, -0.2) is 42.0 Å². The first-order valence-corrected chi connectivity index (χ1v) is 13.6. The predicted molar refractivity (Wildman–Crippen MR) is 156 cm³/mol. The predicted octanol–water partition coefficient (Wildman–Crippen LogP) is 5.94. The smallest absolute Gasteiger partial charge is 0.262 e. The molecule has 1 heterocycles. The van der Waals surface area contributed by atoms with Gasteiger partial charge in [-0.3, -0.25) is 14.2 Å². The van der Waals surface area contributed by atoms with Gasteiger partial charge in [0, 0.05) is 16.8 Å². The number of rotatable bonds is 10. The van der Waals surface area contributed by atoms with Gasteiger partial charge in [0.2, 0.25) is 5.91 Å². The number of fused-ring (bicyclic) bond motifs is 1. The van der Waals surface area contributed by atoms with Crippen LogP contribution in [0.2, 0.25) is 5.02 Å². The van der Waals surface area contributed by atoms with Crippen LogP contribution >= 0.6 is 23.4 Å². The lowest BCUT2D eigenvalue weighted by atomic mass is 10.2. The molecule has 3 aromatic carbocycles. The van der Waals surface area contributed by atoms with Crippen LogP contribution in [0, 0.1) is 6.92 Å². The molecule has 0 saturated heterocycles. The highest BCUT2D eigenvalue weighted by Crippen LogP contribution is 2.33. The van der Waals surface area contributed by atoms with E-state index in [2.05, 4.69) is 5.32 Å². The van der Waals surface area contributed by atoms with Gasteiger partial charge >= 0.3 is 0 Å². The molecule has 0 fully saturated rings. The molecular weight excluding hydrogens is 538 g/mol. The second kappa shape index (κ2) is 12.4. The van der Waals surface area contributed by atoms with Crippen molar-refractivity contribution in [2.24, 2.45) is 0 Å². The maximum atomic E-state index is 13.8. The molecule has 204 valence electrons. The summed E-state index contributed by atoms with van der Waals surface area (Å²) in [6.45, 7) is 4.07. The lowest BCUT2D eigenvalue weighted by Gasteiger charge is -2.19. The number of nitrogens with one attached hydrogen (secondary N) is 1. The molecule has 0 radical (unpaired) electrons. The van der Waals surface area contributed by atoms with Crippen molar-refractivity contribution in [1.29, 1.82) is 0 Å². The summed E-state index contributed by atoms with van der Waals surface area (Å²) in [5.74, 6) is 1.40. The number of amides is 1. The first-order valence-electron chi connectivity index (χ1n) is 12.3. The average Bonchev–Trinajstić information content (AvgIpc) is 2.95. The molecule has 1 unspecified atom stereocenters. The minimum absolute atomic E-state index is 0.208. The van der Waals surface area contributed by atoms with Gasteiger partial charge in [0.05, 0.1) is 44.0 Å². The van der Waals surface area contributed by atoms with Crippen molar-refractivity contribution in [3.8, 4) is 17.2 Å². The Kier molecular flexibility index (Phi) is 9.04. The second-order valence-electron chi connectivity index (χ2n) is 8.83. The zero-order valence-electron chi connectivity index (χ0n) is 22.4. The molecule has 1 amide bonds. The molecular formula is C29H30ClN3O5S. The molecule has 39 heavy (non-hydrogen) atoms. The standard InChI is InChI=1S/C29H30ClN3O5S/c1-6-26(27(34)31-19-10-7-17(2)22(30)13-19)39-29-32-23-15-25(38-5)24(37-4)14-21(23)28(35)33(29)16-18-8-11-20(36-3)12-9-18/h7-15,26H,6,16H2,1-5H3,(H,31,34). The van der Waals surface area contributed by atoms with Crippen molar-refractivity contribution in [3.05, 3.63) is 81.1 Å².